The van der Waals surface area contributed by atoms with Gasteiger partial charge in [-0.1, -0.05) is 0 Å². The molecule has 0 aromatic carbocycles. The molecule has 0 unspecified atom stereocenters. The molecule has 1 N–H and O–H groups in total. The fraction of sp³-hybridized carbons (Fsp3) is 0.824. The van der Waals surface area contributed by atoms with Crippen molar-refractivity contribution in [1.29, 1.82) is 0 Å². The minimum Gasteiger partial charge on any atom is -0.480 e. The molecule has 2 aliphatic rings. The number of nitrogens with zero attached hydrogens (tertiary/aromatic N) is 4. The van der Waals surface area contributed by atoms with Crippen LogP contribution < -0.4 is 0 Å². The largest absolute Gasteiger partial charge is 0.480 e. The minimum atomic E-state index is -0.861. The molecule has 25 heavy (non-hydrogen) atoms. The third-order valence-corrected chi connectivity index (χ3v) is 5.70. The SMILES string of the molecule is CSCCc1nc([C@H]2CCCN(C3CCOCC3)C2)n(CC(=O)O)n1. The first-order chi connectivity index (χ1) is 12.2. The quantitative estimate of drug-likeness (QED) is 0.783. The molecule has 0 aliphatic carbocycles. The second kappa shape index (κ2) is 9.00. The maximum Gasteiger partial charge on any atom is 0.325 e. The van der Waals surface area contributed by atoms with Crippen LogP contribution in [0.4, 0.5) is 0 Å². The monoisotopic (exact) mass is 368 g/mol. The topological polar surface area (TPSA) is 80.5 Å². The van der Waals surface area contributed by atoms with Gasteiger partial charge in [-0.2, -0.15) is 16.9 Å². The van der Waals surface area contributed by atoms with Gasteiger partial charge in [0, 0.05) is 43.9 Å². The maximum atomic E-state index is 11.2. The highest BCUT2D eigenvalue weighted by Crippen LogP contribution is 2.29. The van der Waals surface area contributed by atoms with E-state index in [1.807, 2.05) is 0 Å². The Morgan fingerprint density at radius 1 is 1.36 bits per heavy atom. The molecule has 8 heteroatoms. The van der Waals surface area contributed by atoms with Gasteiger partial charge in [0.1, 0.15) is 12.4 Å². The van der Waals surface area contributed by atoms with Crippen LogP contribution in [0, 0.1) is 0 Å². The molecular weight excluding hydrogens is 340 g/mol. The van der Waals surface area contributed by atoms with Gasteiger partial charge in [-0.15, -0.1) is 0 Å². The number of carboxylic acids is 1. The molecule has 3 heterocycles. The molecule has 140 valence electrons. The predicted octanol–water partition coefficient (Wildman–Crippen LogP) is 1.63. The molecule has 2 saturated heterocycles. The lowest BCUT2D eigenvalue weighted by Crippen LogP contribution is -2.45. The van der Waals surface area contributed by atoms with E-state index in [-0.39, 0.29) is 12.5 Å². The van der Waals surface area contributed by atoms with Gasteiger partial charge in [0.2, 0.25) is 0 Å². The number of rotatable bonds is 7. The molecule has 0 bridgehead atoms. The van der Waals surface area contributed by atoms with E-state index in [0.717, 1.165) is 75.8 Å². The number of aryl methyl sites for hydroxylation is 1. The van der Waals surface area contributed by atoms with Crippen LogP contribution >= 0.6 is 11.8 Å². The van der Waals surface area contributed by atoms with Crippen LogP contribution in [0.25, 0.3) is 0 Å². The lowest BCUT2D eigenvalue weighted by atomic mass is 9.94. The molecule has 0 amide bonds. The van der Waals surface area contributed by atoms with E-state index in [2.05, 4.69) is 16.3 Å². The number of hydrogen-bond acceptors (Lipinski definition) is 6. The molecule has 1 atom stereocenters. The number of ether oxygens (including phenoxy) is 1. The number of likely N-dealkylation sites (tertiary alicyclic amines) is 1. The van der Waals surface area contributed by atoms with Crippen LogP contribution in [-0.2, 0) is 22.5 Å². The summed E-state index contributed by atoms with van der Waals surface area (Å²) >= 11 is 1.75. The highest BCUT2D eigenvalue weighted by Gasteiger charge is 2.31. The first-order valence-corrected chi connectivity index (χ1v) is 10.5. The van der Waals surface area contributed by atoms with Crippen molar-refractivity contribution in [2.24, 2.45) is 0 Å². The van der Waals surface area contributed by atoms with Gasteiger partial charge in [0.25, 0.3) is 0 Å². The molecule has 1 aromatic heterocycles. The maximum absolute atomic E-state index is 11.2. The summed E-state index contributed by atoms with van der Waals surface area (Å²) in [7, 11) is 0. The molecule has 0 saturated carbocycles. The summed E-state index contributed by atoms with van der Waals surface area (Å²) in [4.78, 5) is 18.5. The van der Waals surface area contributed by atoms with Crippen LogP contribution in [0.15, 0.2) is 0 Å². The van der Waals surface area contributed by atoms with E-state index in [9.17, 15) is 9.90 Å². The Morgan fingerprint density at radius 3 is 2.88 bits per heavy atom. The molecule has 1 aromatic rings. The van der Waals surface area contributed by atoms with E-state index < -0.39 is 5.97 Å². The average Bonchev–Trinajstić information content (AvgIpc) is 3.03. The van der Waals surface area contributed by atoms with Crippen molar-refractivity contribution in [1.82, 2.24) is 19.7 Å². The number of thioether (sulfide) groups is 1. The summed E-state index contributed by atoms with van der Waals surface area (Å²) in [6.07, 6.45) is 7.21. The van der Waals surface area contributed by atoms with Crippen LogP contribution in [0.3, 0.4) is 0 Å². The van der Waals surface area contributed by atoms with Crippen LogP contribution in [0.1, 0.15) is 43.3 Å². The number of piperidine rings is 1. The van der Waals surface area contributed by atoms with Gasteiger partial charge in [-0.05, 0) is 38.5 Å². The zero-order chi connectivity index (χ0) is 17.6. The van der Waals surface area contributed by atoms with Gasteiger partial charge in [-0.3, -0.25) is 9.69 Å². The van der Waals surface area contributed by atoms with E-state index in [1.54, 1.807) is 16.4 Å². The summed E-state index contributed by atoms with van der Waals surface area (Å²) < 4.78 is 7.11. The van der Waals surface area contributed by atoms with Crippen LogP contribution in [-0.4, -0.2) is 75.1 Å². The fourth-order valence-corrected chi connectivity index (χ4v) is 4.23. The highest BCUT2D eigenvalue weighted by molar-refractivity contribution is 7.98. The van der Waals surface area contributed by atoms with Gasteiger partial charge in [0.15, 0.2) is 5.82 Å². The lowest BCUT2D eigenvalue weighted by molar-refractivity contribution is -0.138. The van der Waals surface area contributed by atoms with Crippen molar-refractivity contribution in [3.05, 3.63) is 11.6 Å². The minimum absolute atomic E-state index is 0.102. The van der Waals surface area contributed by atoms with E-state index >= 15 is 0 Å². The predicted molar refractivity (Wildman–Crippen MR) is 97.1 cm³/mol. The normalized spacial score (nSPS) is 23.0. The fourth-order valence-electron chi connectivity index (χ4n) is 3.85. The van der Waals surface area contributed by atoms with Gasteiger partial charge < -0.3 is 9.84 Å². The van der Waals surface area contributed by atoms with E-state index in [0.29, 0.717) is 6.04 Å². The standard InChI is InChI=1S/C17H28N4O3S/c1-25-10-6-15-18-17(21(19-15)12-16(22)23)13-3-2-7-20(11-13)14-4-8-24-9-5-14/h13-14H,2-12H2,1H3,(H,22,23)/t13-/m0/s1. The molecule has 7 nitrogen and oxygen atoms in total. The Hall–Kier alpha value is -1.12. The van der Waals surface area contributed by atoms with Gasteiger partial charge in [-0.25, -0.2) is 9.67 Å². The first-order valence-electron chi connectivity index (χ1n) is 9.13. The number of carbonyl (C=O) groups is 1. The van der Waals surface area contributed by atoms with Crippen LogP contribution in [0.5, 0.6) is 0 Å². The van der Waals surface area contributed by atoms with Crippen molar-refractivity contribution in [3.63, 3.8) is 0 Å². The van der Waals surface area contributed by atoms with Crippen LogP contribution in [0.2, 0.25) is 0 Å². The van der Waals surface area contributed by atoms with Crippen molar-refractivity contribution < 1.29 is 14.6 Å². The third-order valence-electron chi connectivity index (χ3n) is 5.08. The second-order valence-electron chi connectivity index (χ2n) is 6.86. The van der Waals surface area contributed by atoms with Crippen molar-refractivity contribution in [2.45, 2.75) is 50.6 Å². The Bertz CT molecular complexity index is 574. The molecule has 3 rings (SSSR count). The summed E-state index contributed by atoms with van der Waals surface area (Å²) in [6, 6.07) is 0.586. The number of aliphatic carboxylic acids is 1. The molecule has 2 fully saturated rings. The number of hydrogen-bond donors (Lipinski definition) is 1. The third kappa shape index (κ3) is 4.95. The van der Waals surface area contributed by atoms with Crippen molar-refractivity contribution in [2.75, 3.05) is 38.3 Å². The summed E-state index contributed by atoms with van der Waals surface area (Å²) in [6.45, 7) is 3.66. The molecule has 0 spiro atoms. The zero-order valence-corrected chi connectivity index (χ0v) is 15.7. The first kappa shape index (κ1) is 18.7. The van der Waals surface area contributed by atoms with E-state index in [1.165, 1.54) is 0 Å². The Morgan fingerprint density at radius 2 is 2.16 bits per heavy atom. The van der Waals surface area contributed by atoms with Gasteiger partial charge >= 0.3 is 5.97 Å². The zero-order valence-electron chi connectivity index (χ0n) is 14.9. The molecular formula is C17H28N4O3S. The van der Waals surface area contributed by atoms with Gasteiger partial charge in [0.05, 0.1) is 0 Å². The second-order valence-corrected chi connectivity index (χ2v) is 7.84. The van der Waals surface area contributed by atoms with Crippen molar-refractivity contribution in [3.8, 4) is 0 Å². The lowest BCUT2D eigenvalue weighted by Gasteiger charge is -2.39. The summed E-state index contributed by atoms with van der Waals surface area (Å²) in [5, 5.41) is 13.7. The summed E-state index contributed by atoms with van der Waals surface area (Å²) in [5.74, 6) is 1.99. The Labute approximate surface area is 153 Å². The van der Waals surface area contributed by atoms with Crippen molar-refractivity contribution >= 4 is 17.7 Å². The smallest absolute Gasteiger partial charge is 0.325 e. The average molecular weight is 369 g/mol. The van der Waals surface area contributed by atoms with E-state index in [4.69, 9.17) is 9.72 Å². The molecule has 2 aliphatic heterocycles. The summed E-state index contributed by atoms with van der Waals surface area (Å²) in [5.41, 5.74) is 0. The highest BCUT2D eigenvalue weighted by atomic mass is 32.2. The molecule has 0 radical (unpaired) electrons. The number of aromatic nitrogens is 3. The Balaban J connectivity index is 1.73. The Kier molecular flexibility index (Phi) is 6.72. The number of carboxylic acid groups (broad SMARTS) is 1.